The van der Waals surface area contributed by atoms with Gasteiger partial charge in [0.05, 0.1) is 11.0 Å². The first kappa shape index (κ1) is 14.9. The smallest absolute Gasteiger partial charge is 0.129 e. The van der Waals surface area contributed by atoms with Crippen molar-refractivity contribution >= 4 is 33.4 Å². The minimum atomic E-state index is 1.04. The van der Waals surface area contributed by atoms with Crippen LogP contribution in [0.25, 0.3) is 21.8 Å². The Morgan fingerprint density at radius 3 is 1.40 bits per heavy atom. The number of nitrogens with zero attached hydrogens (tertiary/aromatic N) is 4. The van der Waals surface area contributed by atoms with Crippen LogP contribution in [-0.2, 0) is 0 Å². The minimum absolute atomic E-state index is 1.04. The molecule has 25 heavy (non-hydrogen) atoms. The van der Waals surface area contributed by atoms with Crippen molar-refractivity contribution in [3.05, 3.63) is 36.4 Å². The molecule has 3 aromatic rings. The van der Waals surface area contributed by atoms with E-state index in [0.29, 0.717) is 0 Å². The van der Waals surface area contributed by atoms with E-state index in [2.05, 4.69) is 46.2 Å². The Labute approximate surface area is 148 Å². The average molecular weight is 332 g/mol. The second kappa shape index (κ2) is 6.17. The molecule has 0 amide bonds. The molecule has 4 nitrogen and oxygen atoms in total. The van der Waals surface area contributed by atoms with E-state index in [9.17, 15) is 0 Å². The summed E-state index contributed by atoms with van der Waals surface area (Å²) in [5, 5.41) is 2.36. The summed E-state index contributed by atoms with van der Waals surface area (Å²) in [5.74, 6) is 2.20. The normalized spacial score (nSPS) is 18.4. The fourth-order valence-electron chi connectivity index (χ4n) is 4.17. The second-order valence-electron chi connectivity index (χ2n) is 7.29. The molecular formula is C21H24N4. The van der Waals surface area contributed by atoms with Crippen LogP contribution in [0.4, 0.5) is 11.6 Å². The molecule has 2 aliphatic heterocycles. The molecule has 2 fully saturated rings. The Bertz CT molecular complexity index is 908. The highest BCUT2D eigenvalue weighted by Gasteiger charge is 2.16. The van der Waals surface area contributed by atoms with Gasteiger partial charge in [-0.25, -0.2) is 9.97 Å². The zero-order valence-corrected chi connectivity index (χ0v) is 14.6. The maximum Gasteiger partial charge on any atom is 0.129 e. The summed E-state index contributed by atoms with van der Waals surface area (Å²) in [6.45, 7) is 4.48. The Morgan fingerprint density at radius 2 is 0.920 bits per heavy atom. The summed E-state index contributed by atoms with van der Waals surface area (Å²) in [7, 11) is 0. The highest BCUT2D eigenvalue weighted by molar-refractivity contribution is 6.03. The molecule has 0 unspecified atom stereocenters. The predicted molar refractivity (Wildman–Crippen MR) is 105 cm³/mol. The SMILES string of the molecule is c1cc2ccc3ccc(N4CCCC4)nc3c2nc1N1CCCCC1. The van der Waals surface area contributed by atoms with Crippen LogP contribution in [0, 0.1) is 0 Å². The molecule has 0 bridgehead atoms. The standard InChI is InChI=1S/C21H24N4/c1-2-12-24(13-3-1)18-10-8-16-6-7-17-9-11-19(25-14-4-5-15-25)23-21(17)20(16)22-18/h6-11H,1-5,12-15H2. The number of hydrogen-bond donors (Lipinski definition) is 0. The van der Waals surface area contributed by atoms with Crippen LogP contribution in [-0.4, -0.2) is 36.1 Å². The highest BCUT2D eigenvalue weighted by atomic mass is 15.2. The van der Waals surface area contributed by atoms with Crippen molar-refractivity contribution in [3.63, 3.8) is 0 Å². The molecule has 4 heteroatoms. The lowest BCUT2D eigenvalue weighted by atomic mass is 10.1. The van der Waals surface area contributed by atoms with E-state index in [1.54, 1.807) is 0 Å². The van der Waals surface area contributed by atoms with Crippen LogP contribution in [0.5, 0.6) is 0 Å². The summed E-state index contributed by atoms with van der Waals surface area (Å²) in [5.41, 5.74) is 2.09. The number of benzene rings is 1. The molecule has 0 N–H and O–H groups in total. The van der Waals surface area contributed by atoms with Gasteiger partial charge in [0.15, 0.2) is 0 Å². The van der Waals surface area contributed by atoms with Gasteiger partial charge in [-0.1, -0.05) is 12.1 Å². The van der Waals surface area contributed by atoms with Crippen LogP contribution in [0.1, 0.15) is 32.1 Å². The van der Waals surface area contributed by atoms with E-state index >= 15 is 0 Å². The Hall–Kier alpha value is -2.36. The van der Waals surface area contributed by atoms with Crippen molar-refractivity contribution in [1.82, 2.24) is 9.97 Å². The maximum absolute atomic E-state index is 5.04. The first-order chi connectivity index (χ1) is 12.4. The predicted octanol–water partition coefficient (Wildman–Crippen LogP) is 4.37. The zero-order valence-electron chi connectivity index (χ0n) is 14.6. The first-order valence-electron chi connectivity index (χ1n) is 9.59. The van der Waals surface area contributed by atoms with Crippen LogP contribution in [0.2, 0.25) is 0 Å². The Morgan fingerprint density at radius 1 is 0.520 bits per heavy atom. The molecule has 2 aliphatic rings. The van der Waals surface area contributed by atoms with Crippen LogP contribution in [0.15, 0.2) is 36.4 Å². The van der Waals surface area contributed by atoms with Crippen molar-refractivity contribution in [2.45, 2.75) is 32.1 Å². The van der Waals surface area contributed by atoms with E-state index in [0.717, 1.165) is 48.8 Å². The van der Waals surface area contributed by atoms with E-state index in [1.165, 1.54) is 42.9 Å². The van der Waals surface area contributed by atoms with Crippen LogP contribution >= 0.6 is 0 Å². The number of aromatic nitrogens is 2. The molecule has 4 heterocycles. The van der Waals surface area contributed by atoms with Gasteiger partial charge in [0.1, 0.15) is 11.6 Å². The molecule has 2 aromatic heterocycles. The third-order valence-electron chi connectivity index (χ3n) is 5.60. The van der Waals surface area contributed by atoms with Gasteiger partial charge in [0.2, 0.25) is 0 Å². The molecule has 128 valence electrons. The Kier molecular flexibility index (Phi) is 3.69. The maximum atomic E-state index is 5.04. The van der Waals surface area contributed by atoms with Gasteiger partial charge >= 0.3 is 0 Å². The van der Waals surface area contributed by atoms with E-state index in [-0.39, 0.29) is 0 Å². The van der Waals surface area contributed by atoms with Gasteiger partial charge in [-0.05, 0) is 56.4 Å². The lowest BCUT2D eigenvalue weighted by molar-refractivity contribution is 0.574. The fraction of sp³-hybridized carbons (Fsp3) is 0.429. The molecule has 0 spiro atoms. The molecule has 0 radical (unpaired) electrons. The van der Waals surface area contributed by atoms with E-state index in [1.807, 2.05) is 0 Å². The molecule has 2 saturated heterocycles. The highest BCUT2D eigenvalue weighted by Crippen LogP contribution is 2.28. The van der Waals surface area contributed by atoms with Crippen molar-refractivity contribution < 1.29 is 0 Å². The molecular weight excluding hydrogens is 308 g/mol. The summed E-state index contributed by atoms with van der Waals surface area (Å²) >= 11 is 0. The quantitative estimate of drug-likeness (QED) is 0.652. The lowest BCUT2D eigenvalue weighted by Gasteiger charge is -2.27. The third kappa shape index (κ3) is 2.70. The van der Waals surface area contributed by atoms with Crippen LogP contribution < -0.4 is 9.80 Å². The molecule has 0 atom stereocenters. The third-order valence-corrected chi connectivity index (χ3v) is 5.60. The van der Waals surface area contributed by atoms with Gasteiger partial charge in [0, 0.05) is 37.0 Å². The number of fused-ring (bicyclic) bond motifs is 3. The van der Waals surface area contributed by atoms with Crippen molar-refractivity contribution in [1.29, 1.82) is 0 Å². The summed E-state index contributed by atoms with van der Waals surface area (Å²) in [6.07, 6.45) is 6.42. The van der Waals surface area contributed by atoms with Gasteiger partial charge < -0.3 is 9.80 Å². The first-order valence-corrected chi connectivity index (χ1v) is 9.59. The number of hydrogen-bond acceptors (Lipinski definition) is 4. The number of anilines is 2. The number of rotatable bonds is 2. The minimum Gasteiger partial charge on any atom is -0.357 e. The average Bonchev–Trinajstić information content (AvgIpc) is 3.22. The monoisotopic (exact) mass is 332 g/mol. The molecule has 0 saturated carbocycles. The second-order valence-corrected chi connectivity index (χ2v) is 7.29. The van der Waals surface area contributed by atoms with Crippen molar-refractivity contribution in [2.24, 2.45) is 0 Å². The lowest BCUT2D eigenvalue weighted by Crippen LogP contribution is -2.30. The van der Waals surface area contributed by atoms with Gasteiger partial charge in [-0.3, -0.25) is 0 Å². The van der Waals surface area contributed by atoms with Gasteiger partial charge in [0.25, 0.3) is 0 Å². The summed E-state index contributed by atoms with van der Waals surface area (Å²) < 4.78 is 0. The van der Waals surface area contributed by atoms with Crippen molar-refractivity contribution in [2.75, 3.05) is 36.0 Å². The zero-order chi connectivity index (χ0) is 16.6. The molecule has 5 rings (SSSR count). The van der Waals surface area contributed by atoms with Gasteiger partial charge in [-0.2, -0.15) is 0 Å². The number of piperidine rings is 1. The van der Waals surface area contributed by atoms with E-state index < -0.39 is 0 Å². The molecule has 1 aromatic carbocycles. The van der Waals surface area contributed by atoms with E-state index in [4.69, 9.17) is 9.97 Å². The van der Waals surface area contributed by atoms with Gasteiger partial charge in [-0.15, -0.1) is 0 Å². The van der Waals surface area contributed by atoms with Crippen molar-refractivity contribution in [3.8, 4) is 0 Å². The summed E-state index contributed by atoms with van der Waals surface area (Å²) in [4.78, 5) is 14.9. The topological polar surface area (TPSA) is 32.3 Å². The Balaban J connectivity index is 1.64. The van der Waals surface area contributed by atoms with Crippen LogP contribution in [0.3, 0.4) is 0 Å². The summed E-state index contributed by atoms with van der Waals surface area (Å²) in [6, 6.07) is 13.1. The fourth-order valence-corrected chi connectivity index (χ4v) is 4.17. The largest absolute Gasteiger partial charge is 0.357 e. The molecule has 0 aliphatic carbocycles. The number of pyridine rings is 2.